The Hall–Kier alpha value is -2.37. The predicted molar refractivity (Wildman–Crippen MR) is 110 cm³/mol. The van der Waals surface area contributed by atoms with Gasteiger partial charge in [0.25, 0.3) is 0 Å². The Bertz CT molecular complexity index is 706. The molecule has 2 aromatic rings. The second-order valence-corrected chi connectivity index (χ2v) is 7.26. The van der Waals surface area contributed by atoms with E-state index in [0.717, 1.165) is 44.3 Å². The molecule has 6 heteroatoms. The summed E-state index contributed by atoms with van der Waals surface area (Å²) in [6.45, 7) is 12.9. The number of hydrogen-bond donors (Lipinski definition) is 2. The Morgan fingerprint density at radius 1 is 1.15 bits per heavy atom. The summed E-state index contributed by atoms with van der Waals surface area (Å²) >= 11 is 0. The molecule has 6 nitrogen and oxygen atoms in total. The molecule has 2 rings (SSSR count). The van der Waals surface area contributed by atoms with Crippen LogP contribution in [0.2, 0.25) is 0 Å². The Labute approximate surface area is 162 Å². The molecule has 0 amide bonds. The number of nitrogens with zero attached hydrogens (tertiary/aromatic N) is 3. The van der Waals surface area contributed by atoms with Crippen molar-refractivity contribution >= 4 is 5.96 Å². The van der Waals surface area contributed by atoms with Crippen molar-refractivity contribution in [2.45, 2.75) is 59.3 Å². The number of hydrogen-bond acceptors (Lipinski definition) is 4. The summed E-state index contributed by atoms with van der Waals surface area (Å²) in [7, 11) is 0. The van der Waals surface area contributed by atoms with Gasteiger partial charge in [-0.3, -0.25) is 4.99 Å². The van der Waals surface area contributed by atoms with E-state index >= 15 is 0 Å². The zero-order valence-corrected chi connectivity index (χ0v) is 17.2. The van der Waals surface area contributed by atoms with Crippen molar-refractivity contribution in [3.63, 3.8) is 0 Å². The van der Waals surface area contributed by atoms with E-state index in [1.54, 1.807) is 0 Å². The summed E-state index contributed by atoms with van der Waals surface area (Å²) in [5, 5.41) is 10.7. The number of aromatic nitrogens is 2. The fraction of sp³-hybridized carbons (Fsp3) is 0.571. The third-order valence-corrected chi connectivity index (χ3v) is 4.37. The normalized spacial score (nSPS) is 13.0. The van der Waals surface area contributed by atoms with Crippen LogP contribution in [0.5, 0.6) is 0 Å². The van der Waals surface area contributed by atoms with Crippen LogP contribution < -0.4 is 10.6 Å². The van der Waals surface area contributed by atoms with Gasteiger partial charge in [-0.1, -0.05) is 55.8 Å². The van der Waals surface area contributed by atoms with Crippen molar-refractivity contribution in [1.29, 1.82) is 0 Å². The maximum Gasteiger partial charge on any atom is 0.226 e. The maximum atomic E-state index is 5.28. The maximum absolute atomic E-state index is 5.28. The van der Waals surface area contributed by atoms with Crippen LogP contribution in [0, 0.1) is 6.92 Å². The zero-order valence-electron chi connectivity index (χ0n) is 17.2. The van der Waals surface area contributed by atoms with E-state index in [4.69, 9.17) is 9.52 Å². The third-order valence-electron chi connectivity index (χ3n) is 4.37. The van der Waals surface area contributed by atoms with E-state index in [0.29, 0.717) is 17.7 Å². The Kier molecular flexibility index (Phi) is 8.30. The summed E-state index contributed by atoms with van der Waals surface area (Å²) in [4.78, 5) is 9.14. The van der Waals surface area contributed by atoms with E-state index < -0.39 is 0 Å². The first-order valence-electron chi connectivity index (χ1n) is 9.90. The van der Waals surface area contributed by atoms with Crippen LogP contribution in [0.3, 0.4) is 0 Å². The number of guanidine groups is 1. The fourth-order valence-corrected chi connectivity index (χ4v) is 2.62. The van der Waals surface area contributed by atoms with Crippen molar-refractivity contribution < 1.29 is 4.52 Å². The highest BCUT2D eigenvalue weighted by Crippen LogP contribution is 2.16. The van der Waals surface area contributed by atoms with Gasteiger partial charge in [0.05, 0.1) is 0 Å². The molecule has 27 heavy (non-hydrogen) atoms. The van der Waals surface area contributed by atoms with Gasteiger partial charge in [-0.2, -0.15) is 4.98 Å². The number of aliphatic imine (C=N–C) groups is 1. The van der Waals surface area contributed by atoms with Crippen LogP contribution in [0.1, 0.15) is 68.8 Å². The molecule has 1 aromatic heterocycles. The molecule has 0 saturated heterocycles. The lowest BCUT2D eigenvalue weighted by molar-refractivity contribution is 0.368. The van der Waals surface area contributed by atoms with Crippen LogP contribution in [0.4, 0.5) is 0 Å². The largest absolute Gasteiger partial charge is 0.357 e. The highest BCUT2D eigenvalue weighted by molar-refractivity contribution is 5.79. The second kappa shape index (κ2) is 10.7. The van der Waals surface area contributed by atoms with Gasteiger partial charge in [-0.15, -0.1) is 0 Å². The lowest BCUT2D eigenvalue weighted by atomic mass is 10.0. The minimum atomic E-state index is 0.295. The molecule has 148 valence electrons. The topological polar surface area (TPSA) is 75.3 Å². The first kappa shape index (κ1) is 20.9. The average Bonchev–Trinajstić information content (AvgIpc) is 3.12. The molecule has 1 atom stereocenters. The van der Waals surface area contributed by atoms with E-state index in [2.05, 4.69) is 79.7 Å². The van der Waals surface area contributed by atoms with Crippen LogP contribution in [0.25, 0.3) is 0 Å². The number of rotatable bonds is 9. The highest BCUT2D eigenvalue weighted by atomic mass is 16.5. The van der Waals surface area contributed by atoms with Gasteiger partial charge in [0.15, 0.2) is 11.8 Å². The lowest BCUT2D eigenvalue weighted by Gasteiger charge is -2.13. The van der Waals surface area contributed by atoms with Crippen LogP contribution in [-0.4, -0.2) is 35.7 Å². The zero-order chi connectivity index (χ0) is 19.6. The van der Waals surface area contributed by atoms with E-state index in [1.165, 1.54) is 11.1 Å². The average molecular weight is 372 g/mol. The molecule has 1 aromatic carbocycles. The molecule has 0 bridgehead atoms. The lowest BCUT2D eigenvalue weighted by Crippen LogP contribution is -2.38. The number of nitrogens with one attached hydrogen (secondary N) is 2. The Balaban J connectivity index is 1.79. The van der Waals surface area contributed by atoms with E-state index in [1.807, 2.05) is 0 Å². The smallest absolute Gasteiger partial charge is 0.226 e. The third kappa shape index (κ3) is 7.04. The summed E-state index contributed by atoms with van der Waals surface area (Å²) in [5.41, 5.74) is 2.60. The predicted octanol–water partition coefficient (Wildman–Crippen LogP) is 3.79. The summed E-state index contributed by atoms with van der Waals surface area (Å²) in [6, 6.07) is 8.68. The first-order valence-corrected chi connectivity index (χ1v) is 9.90. The van der Waals surface area contributed by atoms with Crippen LogP contribution in [-0.2, 0) is 6.42 Å². The number of benzene rings is 1. The van der Waals surface area contributed by atoms with Gasteiger partial charge < -0.3 is 15.2 Å². The van der Waals surface area contributed by atoms with Crippen molar-refractivity contribution in [3.05, 3.63) is 47.1 Å². The van der Waals surface area contributed by atoms with Crippen molar-refractivity contribution in [3.8, 4) is 0 Å². The van der Waals surface area contributed by atoms with Crippen molar-refractivity contribution in [1.82, 2.24) is 20.8 Å². The molecule has 0 radical (unpaired) electrons. The summed E-state index contributed by atoms with van der Waals surface area (Å²) < 4.78 is 5.28. The highest BCUT2D eigenvalue weighted by Gasteiger charge is 2.09. The molecule has 0 aliphatic carbocycles. The minimum absolute atomic E-state index is 0.295. The van der Waals surface area contributed by atoms with E-state index in [-0.39, 0.29) is 0 Å². The molecule has 0 fully saturated rings. The standard InChI is InChI=1S/C21H33N5O/c1-6-22-21(24-14-17(5)18-11-9-16(4)10-12-18)23-13-7-8-19-25-20(15(2)3)26-27-19/h9-12,15,17H,6-8,13-14H2,1-5H3,(H2,22,23,24). The summed E-state index contributed by atoms with van der Waals surface area (Å²) in [6.07, 6.45) is 1.68. The molecule has 2 N–H and O–H groups in total. The number of aryl methyl sites for hydroxylation is 2. The minimum Gasteiger partial charge on any atom is -0.357 e. The van der Waals surface area contributed by atoms with Crippen LogP contribution >= 0.6 is 0 Å². The first-order chi connectivity index (χ1) is 13.0. The summed E-state index contributed by atoms with van der Waals surface area (Å²) in [5.74, 6) is 3.01. The van der Waals surface area contributed by atoms with E-state index in [9.17, 15) is 0 Å². The monoisotopic (exact) mass is 371 g/mol. The molecular formula is C21H33N5O. The van der Waals surface area contributed by atoms with Gasteiger partial charge >= 0.3 is 0 Å². The Morgan fingerprint density at radius 3 is 2.52 bits per heavy atom. The van der Waals surface area contributed by atoms with Gasteiger partial charge in [-0.25, -0.2) is 0 Å². The van der Waals surface area contributed by atoms with Gasteiger partial charge in [0.1, 0.15) is 0 Å². The van der Waals surface area contributed by atoms with Crippen molar-refractivity contribution in [2.75, 3.05) is 19.6 Å². The van der Waals surface area contributed by atoms with Gasteiger partial charge in [0.2, 0.25) is 5.89 Å². The molecule has 1 unspecified atom stereocenters. The van der Waals surface area contributed by atoms with Gasteiger partial charge in [-0.05, 0) is 25.8 Å². The van der Waals surface area contributed by atoms with Gasteiger partial charge in [0, 0.05) is 37.9 Å². The SMILES string of the molecule is CCNC(=NCC(C)c1ccc(C)cc1)NCCCc1nc(C(C)C)no1. The fourth-order valence-electron chi connectivity index (χ4n) is 2.62. The second-order valence-electron chi connectivity index (χ2n) is 7.26. The molecule has 0 saturated carbocycles. The molecule has 1 heterocycles. The molecule has 0 aliphatic heterocycles. The molecule has 0 spiro atoms. The molecular weight excluding hydrogens is 338 g/mol. The molecule has 0 aliphatic rings. The van der Waals surface area contributed by atoms with Crippen molar-refractivity contribution in [2.24, 2.45) is 4.99 Å². The van der Waals surface area contributed by atoms with Crippen LogP contribution in [0.15, 0.2) is 33.8 Å². The Morgan fingerprint density at radius 2 is 1.89 bits per heavy atom. The quantitative estimate of drug-likeness (QED) is 0.398.